The summed E-state index contributed by atoms with van der Waals surface area (Å²) in [6.07, 6.45) is -1.68. The second-order valence-corrected chi connectivity index (χ2v) is 3.94. The van der Waals surface area contributed by atoms with Crippen molar-refractivity contribution < 1.29 is 18.1 Å². The zero-order valence-electron chi connectivity index (χ0n) is 9.94. The van der Waals surface area contributed by atoms with Crippen molar-refractivity contribution in [2.45, 2.75) is 12.7 Å². The van der Waals surface area contributed by atoms with Gasteiger partial charge in [-0.15, -0.1) is 0 Å². The maximum Gasteiger partial charge on any atom is 0.418 e. The van der Waals surface area contributed by atoms with E-state index in [-0.39, 0.29) is 12.2 Å². The minimum Gasteiger partial charge on any atom is -0.380 e. The number of non-ortho nitro benzene ring substituents is 1. The number of benzene rings is 1. The molecule has 0 aliphatic rings. The first-order chi connectivity index (χ1) is 9.38. The van der Waals surface area contributed by atoms with Crippen LogP contribution in [-0.2, 0) is 12.7 Å². The summed E-state index contributed by atoms with van der Waals surface area (Å²) in [7, 11) is 0. The standard InChI is InChI=1S/C11H9F3N4O2/c12-11(13,14)9-3-8(18(19)20)1-2-10(9)15-4-7-5-16-17-6-7/h1-3,5-6,15H,4H2,(H,16,17). The van der Waals surface area contributed by atoms with Crippen molar-refractivity contribution in [3.63, 3.8) is 0 Å². The normalized spacial score (nSPS) is 11.3. The van der Waals surface area contributed by atoms with E-state index in [9.17, 15) is 23.3 Å². The Morgan fingerprint density at radius 2 is 2.15 bits per heavy atom. The number of halogens is 3. The Morgan fingerprint density at radius 3 is 2.70 bits per heavy atom. The lowest BCUT2D eigenvalue weighted by atomic mass is 10.1. The quantitative estimate of drug-likeness (QED) is 0.668. The summed E-state index contributed by atoms with van der Waals surface area (Å²) in [5.74, 6) is 0. The van der Waals surface area contributed by atoms with Crippen LogP contribution < -0.4 is 5.32 Å². The van der Waals surface area contributed by atoms with Gasteiger partial charge < -0.3 is 5.32 Å². The lowest BCUT2D eigenvalue weighted by molar-refractivity contribution is -0.385. The molecular weight excluding hydrogens is 277 g/mol. The lowest BCUT2D eigenvalue weighted by Crippen LogP contribution is -2.11. The minimum atomic E-state index is -4.68. The van der Waals surface area contributed by atoms with Crippen molar-refractivity contribution in [3.05, 3.63) is 51.8 Å². The number of nitro groups is 1. The highest BCUT2D eigenvalue weighted by Gasteiger charge is 2.35. The SMILES string of the molecule is O=[N+]([O-])c1ccc(NCc2cn[nH]c2)c(C(F)(F)F)c1. The monoisotopic (exact) mass is 286 g/mol. The second-order valence-electron chi connectivity index (χ2n) is 3.94. The molecule has 0 bridgehead atoms. The van der Waals surface area contributed by atoms with Gasteiger partial charge in [-0.3, -0.25) is 15.2 Å². The lowest BCUT2D eigenvalue weighted by Gasteiger charge is -2.13. The largest absolute Gasteiger partial charge is 0.418 e. The smallest absolute Gasteiger partial charge is 0.380 e. The summed E-state index contributed by atoms with van der Waals surface area (Å²) >= 11 is 0. The fourth-order valence-electron chi connectivity index (χ4n) is 1.61. The summed E-state index contributed by atoms with van der Waals surface area (Å²) in [4.78, 5) is 9.68. The van der Waals surface area contributed by atoms with Gasteiger partial charge in [-0.2, -0.15) is 18.3 Å². The number of nitrogens with one attached hydrogen (secondary N) is 2. The van der Waals surface area contributed by atoms with Crippen molar-refractivity contribution in [1.29, 1.82) is 0 Å². The van der Waals surface area contributed by atoms with Crippen molar-refractivity contribution in [2.75, 3.05) is 5.32 Å². The molecule has 0 aliphatic carbocycles. The zero-order chi connectivity index (χ0) is 14.8. The van der Waals surface area contributed by atoms with Crippen LogP contribution in [0.25, 0.3) is 0 Å². The Balaban J connectivity index is 2.29. The molecule has 20 heavy (non-hydrogen) atoms. The van der Waals surface area contributed by atoms with E-state index in [1.165, 1.54) is 12.4 Å². The van der Waals surface area contributed by atoms with Crippen LogP contribution >= 0.6 is 0 Å². The van der Waals surface area contributed by atoms with Crippen LogP contribution in [0.2, 0.25) is 0 Å². The fraction of sp³-hybridized carbons (Fsp3) is 0.182. The van der Waals surface area contributed by atoms with E-state index in [4.69, 9.17) is 0 Å². The molecule has 6 nitrogen and oxygen atoms in total. The first-order valence-corrected chi connectivity index (χ1v) is 5.45. The Morgan fingerprint density at radius 1 is 1.40 bits per heavy atom. The van der Waals surface area contributed by atoms with Gasteiger partial charge in [-0.25, -0.2) is 0 Å². The number of alkyl halides is 3. The van der Waals surface area contributed by atoms with Gasteiger partial charge in [0.1, 0.15) is 0 Å². The molecule has 106 valence electrons. The van der Waals surface area contributed by atoms with Crippen molar-refractivity contribution >= 4 is 11.4 Å². The molecule has 0 atom stereocenters. The molecule has 0 amide bonds. The molecule has 0 saturated heterocycles. The third-order valence-electron chi connectivity index (χ3n) is 2.56. The van der Waals surface area contributed by atoms with Gasteiger partial charge in [-0.05, 0) is 6.07 Å². The number of H-pyrrole nitrogens is 1. The molecule has 0 aliphatic heterocycles. The molecule has 2 rings (SSSR count). The zero-order valence-corrected chi connectivity index (χ0v) is 9.94. The molecule has 0 unspecified atom stereocenters. The van der Waals surface area contributed by atoms with Crippen LogP contribution in [-0.4, -0.2) is 15.1 Å². The molecule has 0 saturated carbocycles. The molecular formula is C11H9F3N4O2. The maximum absolute atomic E-state index is 12.9. The number of aromatic nitrogens is 2. The van der Waals surface area contributed by atoms with Gasteiger partial charge in [0.2, 0.25) is 0 Å². The summed E-state index contributed by atoms with van der Waals surface area (Å²) < 4.78 is 38.6. The third-order valence-corrected chi connectivity index (χ3v) is 2.56. The average molecular weight is 286 g/mol. The van der Waals surface area contributed by atoms with Crippen molar-refractivity contribution in [3.8, 4) is 0 Å². The van der Waals surface area contributed by atoms with Crippen LogP contribution in [0.1, 0.15) is 11.1 Å². The van der Waals surface area contributed by atoms with E-state index in [2.05, 4.69) is 15.5 Å². The van der Waals surface area contributed by atoms with E-state index < -0.39 is 22.4 Å². The van der Waals surface area contributed by atoms with Gasteiger partial charge >= 0.3 is 6.18 Å². The molecule has 2 aromatic rings. The average Bonchev–Trinajstić information content (AvgIpc) is 2.88. The topological polar surface area (TPSA) is 83.8 Å². The molecule has 0 spiro atoms. The fourth-order valence-corrected chi connectivity index (χ4v) is 1.61. The van der Waals surface area contributed by atoms with Crippen LogP contribution in [0.15, 0.2) is 30.6 Å². The van der Waals surface area contributed by atoms with Gasteiger partial charge in [0.15, 0.2) is 0 Å². The van der Waals surface area contributed by atoms with Crippen molar-refractivity contribution in [2.24, 2.45) is 0 Å². The Labute approximate surface area is 110 Å². The van der Waals surface area contributed by atoms with Crippen molar-refractivity contribution in [1.82, 2.24) is 10.2 Å². The molecule has 1 aromatic heterocycles. The molecule has 0 radical (unpaired) electrons. The van der Waals surface area contributed by atoms with Gasteiger partial charge in [0.25, 0.3) is 5.69 Å². The first kappa shape index (κ1) is 13.8. The summed E-state index contributed by atoms with van der Waals surface area (Å²) in [5, 5.41) is 19.3. The van der Waals surface area contributed by atoms with Crippen LogP contribution in [0, 0.1) is 10.1 Å². The summed E-state index contributed by atoms with van der Waals surface area (Å²) in [5.41, 5.74) is -1.23. The maximum atomic E-state index is 12.9. The number of hydrogen-bond acceptors (Lipinski definition) is 4. The first-order valence-electron chi connectivity index (χ1n) is 5.45. The minimum absolute atomic E-state index is 0.122. The number of anilines is 1. The predicted molar refractivity (Wildman–Crippen MR) is 64.0 cm³/mol. The number of nitrogens with zero attached hydrogens (tertiary/aromatic N) is 2. The molecule has 0 fully saturated rings. The molecule has 9 heteroatoms. The highest BCUT2D eigenvalue weighted by atomic mass is 19.4. The summed E-state index contributed by atoms with van der Waals surface area (Å²) in [6.45, 7) is 0.122. The van der Waals surface area contributed by atoms with E-state index >= 15 is 0 Å². The number of hydrogen-bond donors (Lipinski definition) is 2. The highest BCUT2D eigenvalue weighted by Crippen LogP contribution is 2.37. The second kappa shape index (κ2) is 5.19. The van der Waals surface area contributed by atoms with E-state index in [1.807, 2.05) is 0 Å². The molecule has 1 aromatic carbocycles. The van der Waals surface area contributed by atoms with Gasteiger partial charge in [0, 0.05) is 36.1 Å². The molecule has 1 heterocycles. The molecule has 2 N–H and O–H groups in total. The number of nitro benzene ring substituents is 1. The van der Waals surface area contributed by atoms with Crippen LogP contribution in [0.4, 0.5) is 24.5 Å². The van der Waals surface area contributed by atoms with Crippen LogP contribution in [0.5, 0.6) is 0 Å². The number of rotatable bonds is 4. The third kappa shape index (κ3) is 3.05. The van der Waals surface area contributed by atoms with E-state index in [0.717, 1.165) is 12.1 Å². The van der Waals surface area contributed by atoms with Gasteiger partial charge in [-0.1, -0.05) is 0 Å². The Bertz CT molecular complexity index is 611. The van der Waals surface area contributed by atoms with Crippen LogP contribution in [0.3, 0.4) is 0 Å². The Kier molecular flexibility index (Phi) is 3.59. The Hall–Kier alpha value is -2.58. The van der Waals surface area contributed by atoms with Gasteiger partial charge in [0.05, 0.1) is 16.7 Å². The highest BCUT2D eigenvalue weighted by molar-refractivity contribution is 5.57. The summed E-state index contributed by atoms with van der Waals surface area (Å²) in [6, 6.07) is 2.58. The van der Waals surface area contributed by atoms with E-state index in [1.54, 1.807) is 0 Å². The predicted octanol–water partition coefficient (Wildman–Crippen LogP) is 2.95. The number of aromatic amines is 1. The van der Waals surface area contributed by atoms with E-state index in [0.29, 0.717) is 11.6 Å².